The lowest BCUT2D eigenvalue weighted by Gasteiger charge is -2.06. The van der Waals surface area contributed by atoms with Gasteiger partial charge in [0.2, 0.25) is 0 Å². The predicted octanol–water partition coefficient (Wildman–Crippen LogP) is 5.43. The molecule has 3 aromatic carbocycles. The lowest BCUT2D eigenvalue weighted by Crippen LogP contribution is -1.99. The summed E-state index contributed by atoms with van der Waals surface area (Å²) in [4.78, 5) is 15.2. The quantitative estimate of drug-likeness (QED) is 0.298. The van der Waals surface area contributed by atoms with E-state index >= 15 is 0 Å². The molecule has 0 aliphatic carbocycles. The van der Waals surface area contributed by atoms with Gasteiger partial charge < -0.3 is 0 Å². The van der Waals surface area contributed by atoms with Crippen molar-refractivity contribution < 1.29 is 13.7 Å². The van der Waals surface area contributed by atoms with Crippen LogP contribution in [0, 0.1) is 21.7 Å². The van der Waals surface area contributed by atoms with Crippen LogP contribution in [-0.4, -0.2) is 19.7 Å². The van der Waals surface area contributed by atoms with E-state index in [1.54, 1.807) is 36.5 Å². The fraction of sp³-hybridized carbons (Fsp3) is 0. The number of rotatable bonds is 3. The van der Waals surface area contributed by atoms with Gasteiger partial charge in [-0.15, -0.1) is 0 Å². The summed E-state index contributed by atoms with van der Waals surface area (Å²) in [5.41, 5.74) is 2.61. The van der Waals surface area contributed by atoms with Gasteiger partial charge in [0.15, 0.2) is 0 Å². The zero-order valence-electron chi connectivity index (χ0n) is 15.3. The number of fused-ring (bicyclic) bond motifs is 3. The Balaban J connectivity index is 1.89. The van der Waals surface area contributed by atoms with Gasteiger partial charge in [-0.1, -0.05) is 6.07 Å². The van der Waals surface area contributed by atoms with Gasteiger partial charge in [0.05, 0.1) is 21.6 Å². The number of nitro groups is 1. The summed E-state index contributed by atoms with van der Waals surface area (Å²) in [6, 6.07) is 16.1. The van der Waals surface area contributed by atoms with Crippen LogP contribution in [0.15, 0.2) is 72.9 Å². The largest absolute Gasteiger partial charge is 0.271 e. The number of hydrogen-bond acceptors (Lipinski definition) is 4. The molecule has 0 aliphatic rings. The highest BCUT2D eigenvalue weighted by Crippen LogP contribution is 2.34. The van der Waals surface area contributed by atoms with Crippen LogP contribution >= 0.6 is 0 Å². The van der Waals surface area contributed by atoms with E-state index in [0.29, 0.717) is 38.8 Å². The number of nitro benzene ring substituents is 1. The molecule has 0 N–H and O–H groups in total. The smallest absolute Gasteiger partial charge is 0.258 e. The van der Waals surface area contributed by atoms with Gasteiger partial charge in [-0.3, -0.25) is 15.1 Å². The summed E-state index contributed by atoms with van der Waals surface area (Å²) >= 11 is 0. The molecule has 146 valence electrons. The van der Waals surface area contributed by atoms with Crippen LogP contribution in [0.3, 0.4) is 0 Å². The molecule has 0 radical (unpaired) electrons. The third-order valence-corrected chi connectivity index (χ3v) is 4.87. The molecule has 0 atom stereocenters. The summed E-state index contributed by atoms with van der Waals surface area (Å²) in [7, 11) is 0. The average Bonchev–Trinajstić information content (AvgIpc) is 3.14. The number of benzene rings is 3. The number of non-ortho nitro benzene ring substituents is 1. The van der Waals surface area contributed by atoms with Crippen molar-refractivity contribution in [1.29, 1.82) is 0 Å². The van der Waals surface area contributed by atoms with Crippen LogP contribution in [0.2, 0.25) is 0 Å². The van der Waals surface area contributed by atoms with Gasteiger partial charge >= 0.3 is 0 Å². The van der Waals surface area contributed by atoms with Crippen LogP contribution in [0.4, 0.5) is 14.5 Å². The van der Waals surface area contributed by atoms with Crippen LogP contribution in [0.5, 0.6) is 0 Å². The fourth-order valence-corrected chi connectivity index (χ4v) is 3.50. The second kappa shape index (κ2) is 6.70. The Hall–Kier alpha value is -4.20. The molecule has 0 aliphatic heterocycles. The molecule has 0 saturated carbocycles. The molecule has 2 heterocycles. The highest BCUT2D eigenvalue weighted by Gasteiger charge is 2.19. The number of aromatic nitrogens is 3. The first-order valence-corrected chi connectivity index (χ1v) is 8.99. The van der Waals surface area contributed by atoms with Crippen molar-refractivity contribution in [2.75, 3.05) is 0 Å². The third kappa shape index (κ3) is 2.86. The van der Waals surface area contributed by atoms with E-state index in [1.807, 2.05) is 0 Å². The molecule has 2 aromatic heterocycles. The summed E-state index contributed by atoms with van der Waals surface area (Å²) in [6.07, 6.45) is 1.62. The Morgan fingerprint density at radius 1 is 0.900 bits per heavy atom. The monoisotopic (exact) mass is 402 g/mol. The van der Waals surface area contributed by atoms with Crippen LogP contribution in [0.25, 0.3) is 38.8 Å². The number of halogens is 2. The maximum absolute atomic E-state index is 14.1. The molecule has 5 aromatic rings. The Labute approximate surface area is 168 Å². The van der Waals surface area contributed by atoms with Crippen LogP contribution < -0.4 is 0 Å². The first-order valence-electron chi connectivity index (χ1n) is 8.99. The minimum atomic E-state index is -0.491. The van der Waals surface area contributed by atoms with E-state index < -0.39 is 10.7 Å². The zero-order chi connectivity index (χ0) is 20.8. The maximum Gasteiger partial charge on any atom is 0.271 e. The Bertz CT molecular complexity index is 1450. The van der Waals surface area contributed by atoms with E-state index in [-0.39, 0.29) is 11.5 Å². The Morgan fingerprint density at radius 3 is 2.43 bits per heavy atom. The summed E-state index contributed by atoms with van der Waals surface area (Å²) in [5.74, 6) is -0.821. The van der Waals surface area contributed by atoms with Crippen LogP contribution in [-0.2, 0) is 0 Å². The van der Waals surface area contributed by atoms with Gasteiger partial charge in [0.1, 0.15) is 17.3 Å². The topological polar surface area (TPSA) is 73.8 Å². The Kier molecular flexibility index (Phi) is 3.99. The van der Waals surface area contributed by atoms with E-state index in [2.05, 4.69) is 10.1 Å². The second-order valence-electron chi connectivity index (χ2n) is 6.73. The maximum atomic E-state index is 14.1. The molecule has 0 spiro atoms. The van der Waals surface area contributed by atoms with Crippen molar-refractivity contribution in [2.24, 2.45) is 0 Å². The number of hydrogen-bond donors (Lipinski definition) is 0. The predicted molar refractivity (Wildman–Crippen MR) is 108 cm³/mol. The minimum absolute atomic E-state index is 0.0935. The van der Waals surface area contributed by atoms with Gasteiger partial charge in [0, 0.05) is 34.7 Å². The molecule has 5 rings (SSSR count). The highest BCUT2D eigenvalue weighted by atomic mass is 19.1. The molecule has 30 heavy (non-hydrogen) atoms. The SMILES string of the molecule is O=[N+]([O-])c1cccc(-n2nc(-c3ccc(F)cc3)c3cnc4ccc(F)cc4c32)c1. The molecule has 0 unspecified atom stereocenters. The zero-order valence-corrected chi connectivity index (χ0v) is 15.3. The van der Waals surface area contributed by atoms with Crippen molar-refractivity contribution in [3.05, 3.63) is 94.7 Å². The lowest BCUT2D eigenvalue weighted by molar-refractivity contribution is -0.384. The first-order chi connectivity index (χ1) is 14.5. The second-order valence-corrected chi connectivity index (χ2v) is 6.73. The molecule has 6 nitrogen and oxygen atoms in total. The molecule has 8 heteroatoms. The summed E-state index contributed by atoms with van der Waals surface area (Å²) < 4.78 is 29.0. The first kappa shape index (κ1) is 17.9. The van der Waals surface area contributed by atoms with Crippen molar-refractivity contribution in [2.45, 2.75) is 0 Å². The van der Waals surface area contributed by atoms with Crippen molar-refractivity contribution >= 4 is 27.5 Å². The molecular formula is C22H12F2N4O2. The molecule has 0 bridgehead atoms. The Morgan fingerprint density at radius 2 is 1.67 bits per heavy atom. The highest BCUT2D eigenvalue weighted by molar-refractivity contribution is 6.08. The van der Waals surface area contributed by atoms with E-state index in [0.717, 1.165) is 0 Å². The lowest BCUT2D eigenvalue weighted by atomic mass is 10.1. The summed E-state index contributed by atoms with van der Waals surface area (Å²) in [6.45, 7) is 0. The number of nitrogens with zero attached hydrogens (tertiary/aromatic N) is 4. The van der Waals surface area contributed by atoms with E-state index in [9.17, 15) is 18.9 Å². The van der Waals surface area contributed by atoms with Crippen LogP contribution in [0.1, 0.15) is 0 Å². The standard InChI is InChI=1S/C22H12F2N4O2/c23-14-6-4-13(5-7-14)21-19-12-25-20-9-8-15(24)10-18(20)22(19)27(26-21)16-2-1-3-17(11-16)28(29)30/h1-12H. The fourth-order valence-electron chi connectivity index (χ4n) is 3.50. The van der Waals surface area contributed by atoms with E-state index in [4.69, 9.17) is 0 Å². The van der Waals surface area contributed by atoms with Gasteiger partial charge in [-0.25, -0.2) is 13.5 Å². The van der Waals surface area contributed by atoms with Crippen molar-refractivity contribution in [1.82, 2.24) is 14.8 Å². The van der Waals surface area contributed by atoms with Gasteiger partial charge in [-0.2, -0.15) is 5.10 Å². The molecule has 0 amide bonds. The van der Waals surface area contributed by atoms with Gasteiger partial charge in [0.25, 0.3) is 5.69 Å². The normalized spacial score (nSPS) is 11.3. The van der Waals surface area contributed by atoms with Crippen molar-refractivity contribution in [3.63, 3.8) is 0 Å². The molecular weight excluding hydrogens is 390 g/mol. The minimum Gasteiger partial charge on any atom is -0.258 e. The van der Waals surface area contributed by atoms with Gasteiger partial charge in [-0.05, 0) is 48.5 Å². The number of pyridine rings is 1. The molecule has 0 fully saturated rings. The molecule has 0 saturated heterocycles. The third-order valence-electron chi connectivity index (χ3n) is 4.87. The van der Waals surface area contributed by atoms with E-state index in [1.165, 1.54) is 41.1 Å². The van der Waals surface area contributed by atoms with Crippen molar-refractivity contribution in [3.8, 4) is 16.9 Å². The summed E-state index contributed by atoms with van der Waals surface area (Å²) in [5, 5.41) is 17.0. The average molecular weight is 402 g/mol.